The highest BCUT2D eigenvalue weighted by Gasteiger charge is 2.31. The Kier molecular flexibility index (Phi) is 5.15. The molecule has 0 aliphatic carbocycles. The predicted octanol–water partition coefficient (Wildman–Crippen LogP) is 1.57. The van der Waals surface area contributed by atoms with Crippen LogP contribution in [0.4, 0.5) is 4.39 Å². The average Bonchev–Trinajstić information content (AvgIpc) is 2.87. The zero-order valence-electron chi connectivity index (χ0n) is 14.5. The number of primary amides is 1. The van der Waals surface area contributed by atoms with Crippen LogP contribution in [0.25, 0.3) is 0 Å². The molecule has 1 aromatic heterocycles. The Morgan fingerprint density at radius 2 is 2.12 bits per heavy atom. The Labute approximate surface area is 146 Å². The third-order valence-corrected chi connectivity index (χ3v) is 4.47. The standard InChI is InChI=1S/C18H23FN4O2/c1-12-9-13(2)23(21-12)11-16-10-22(7-8-25-16)17(18(20)24)14-3-5-15(19)6-4-14/h3-6,9,16-17H,7-8,10-11H2,1-2H3,(H2,20,24). The van der Waals surface area contributed by atoms with Crippen LogP contribution in [0.3, 0.4) is 0 Å². The van der Waals surface area contributed by atoms with Crippen LogP contribution in [0.15, 0.2) is 30.3 Å². The molecule has 25 heavy (non-hydrogen) atoms. The molecule has 0 saturated carbocycles. The van der Waals surface area contributed by atoms with E-state index in [1.165, 1.54) is 12.1 Å². The van der Waals surface area contributed by atoms with Crippen molar-refractivity contribution in [2.45, 2.75) is 32.5 Å². The lowest BCUT2D eigenvalue weighted by Gasteiger charge is -2.37. The number of aromatic nitrogens is 2. The van der Waals surface area contributed by atoms with Crippen molar-refractivity contribution in [3.8, 4) is 0 Å². The number of ether oxygens (including phenoxy) is 1. The highest BCUT2D eigenvalue weighted by atomic mass is 19.1. The van der Waals surface area contributed by atoms with Crippen LogP contribution < -0.4 is 5.73 Å². The molecule has 1 aliphatic heterocycles. The molecular formula is C18H23FN4O2. The molecule has 1 amide bonds. The first-order valence-corrected chi connectivity index (χ1v) is 8.35. The van der Waals surface area contributed by atoms with Gasteiger partial charge in [0.05, 0.1) is 24.9 Å². The van der Waals surface area contributed by atoms with Gasteiger partial charge >= 0.3 is 0 Å². The van der Waals surface area contributed by atoms with Gasteiger partial charge in [0.2, 0.25) is 5.91 Å². The van der Waals surface area contributed by atoms with Gasteiger partial charge in [0.15, 0.2) is 0 Å². The van der Waals surface area contributed by atoms with Crippen LogP contribution in [-0.2, 0) is 16.1 Å². The van der Waals surface area contributed by atoms with Crippen molar-refractivity contribution in [1.82, 2.24) is 14.7 Å². The molecule has 0 radical (unpaired) electrons. The molecule has 1 fully saturated rings. The summed E-state index contributed by atoms with van der Waals surface area (Å²) in [5, 5.41) is 4.46. The highest BCUT2D eigenvalue weighted by molar-refractivity contribution is 5.81. The number of aryl methyl sites for hydroxylation is 2. The molecule has 2 N–H and O–H groups in total. The largest absolute Gasteiger partial charge is 0.374 e. The molecule has 1 saturated heterocycles. The summed E-state index contributed by atoms with van der Waals surface area (Å²) in [7, 11) is 0. The second kappa shape index (κ2) is 7.33. The number of amides is 1. The third-order valence-electron chi connectivity index (χ3n) is 4.47. The van der Waals surface area contributed by atoms with Crippen molar-refractivity contribution in [2.75, 3.05) is 19.7 Å². The number of nitrogens with zero attached hydrogens (tertiary/aromatic N) is 3. The number of hydrogen-bond acceptors (Lipinski definition) is 4. The second-order valence-corrected chi connectivity index (χ2v) is 6.45. The number of rotatable bonds is 5. The van der Waals surface area contributed by atoms with Crippen molar-refractivity contribution >= 4 is 5.91 Å². The summed E-state index contributed by atoms with van der Waals surface area (Å²) >= 11 is 0. The molecule has 1 aromatic carbocycles. The fourth-order valence-corrected chi connectivity index (χ4v) is 3.34. The van der Waals surface area contributed by atoms with Gasteiger partial charge in [-0.2, -0.15) is 5.10 Å². The fourth-order valence-electron chi connectivity index (χ4n) is 3.34. The fraction of sp³-hybridized carbons (Fsp3) is 0.444. The molecule has 3 rings (SSSR count). The van der Waals surface area contributed by atoms with E-state index in [1.807, 2.05) is 29.5 Å². The number of morpholine rings is 1. The molecule has 7 heteroatoms. The minimum Gasteiger partial charge on any atom is -0.374 e. The van der Waals surface area contributed by atoms with Gasteiger partial charge in [-0.1, -0.05) is 12.1 Å². The summed E-state index contributed by atoms with van der Waals surface area (Å²) in [6, 6.07) is 7.34. The maximum atomic E-state index is 13.2. The predicted molar refractivity (Wildman–Crippen MR) is 91.3 cm³/mol. The van der Waals surface area contributed by atoms with Gasteiger partial charge in [0.1, 0.15) is 11.9 Å². The van der Waals surface area contributed by atoms with Gasteiger partial charge in [-0.3, -0.25) is 14.4 Å². The highest BCUT2D eigenvalue weighted by Crippen LogP contribution is 2.24. The van der Waals surface area contributed by atoms with Crippen LogP contribution in [0.2, 0.25) is 0 Å². The Morgan fingerprint density at radius 3 is 2.72 bits per heavy atom. The van der Waals surface area contributed by atoms with Gasteiger partial charge in [-0.05, 0) is 37.6 Å². The molecule has 1 aliphatic rings. The number of hydrogen-bond donors (Lipinski definition) is 1. The SMILES string of the molecule is Cc1cc(C)n(CC2CN(C(C(N)=O)c3ccc(F)cc3)CCO2)n1. The van der Waals surface area contributed by atoms with Gasteiger partial charge in [-0.15, -0.1) is 0 Å². The van der Waals surface area contributed by atoms with Crippen molar-refractivity contribution in [3.63, 3.8) is 0 Å². The Balaban J connectivity index is 1.75. The maximum absolute atomic E-state index is 13.2. The van der Waals surface area contributed by atoms with E-state index < -0.39 is 11.9 Å². The number of carbonyl (C=O) groups excluding carboxylic acids is 1. The van der Waals surface area contributed by atoms with Gasteiger partial charge in [0, 0.05) is 18.8 Å². The first-order valence-electron chi connectivity index (χ1n) is 8.35. The smallest absolute Gasteiger partial charge is 0.239 e. The van der Waals surface area contributed by atoms with Crippen LogP contribution in [0.1, 0.15) is 23.0 Å². The second-order valence-electron chi connectivity index (χ2n) is 6.45. The summed E-state index contributed by atoms with van der Waals surface area (Å²) < 4.78 is 20.9. The Bertz CT molecular complexity index is 744. The number of nitrogens with two attached hydrogens (primary N) is 1. The average molecular weight is 346 g/mol. The van der Waals surface area contributed by atoms with Gasteiger partial charge in [-0.25, -0.2) is 4.39 Å². The summed E-state index contributed by atoms with van der Waals surface area (Å²) in [6.45, 7) is 6.24. The van der Waals surface area contributed by atoms with Crippen molar-refractivity contribution in [1.29, 1.82) is 0 Å². The van der Waals surface area contributed by atoms with Crippen LogP contribution in [-0.4, -0.2) is 46.4 Å². The van der Waals surface area contributed by atoms with E-state index in [0.29, 0.717) is 31.8 Å². The van der Waals surface area contributed by atoms with Crippen molar-refractivity contribution in [3.05, 3.63) is 53.1 Å². The monoisotopic (exact) mass is 346 g/mol. The van der Waals surface area contributed by atoms with Crippen LogP contribution in [0, 0.1) is 19.7 Å². The molecular weight excluding hydrogens is 323 g/mol. The third kappa shape index (κ3) is 4.05. The normalized spacial score (nSPS) is 19.7. The summed E-state index contributed by atoms with van der Waals surface area (Å²) in [6.07, 6.45) is -0.0888. The molecule has 6 nitrogen and oxygen atoms in total. The van der Waals surface area contributed by atoms with Gasteiger partial charge < -0.3 is 10.5 Å². The van der Waals surface area contributed by atoms with Crippen molar-refractivity contribution in [2.24, 2.45) is 5.73 Å². The van der Waals surface area contributed by atoms with E-state index in [-0.39, 0.29) is 11.9 Å². The first-order chi connectivity index (χ1) is 11.9. The quantitative estimate of drug-likeness (QED) is 0.892. The first kappa shape index (κ1) is 17.6. The lowest BCUT2D eigenvalue weighted by Crippen LogP contribution is -2.49. The van der Waals surface area contributed by atoms with Crippen molar-refractivity contribution < 1.29 is 13.9 Å². The Hall–Kier alpha value is -2.25. The van der Waals surface area contributed by atoms with E-state index in [4.69, 9.17) is 10.5 Å². The zero-order valence-corrected chi connectivity index (χ0v) is 14.5. The lowest BCUT2D eigenvalue weighted by molar-refractivity contribution is -0.127. The minimum absolute atomic E-state index is 0.0888. The summed E-state index contributed by atoms with van der Waals surface area (Å²) in [5.41, 5.74) is 8.36. The molecule has 134 valence electrons. The zero-order chi connectivity index (χ0) is 18.0. The van der Waals surface area contributed by atoms with E-state index in [1.54, 1.807) is 12.1 Å². The van der Waals surface area contributed by atoms with Crippen LogP contribution in [0.5, 0.6) is 0 Å². The van der Waals surface area contributed by atoms with Crippen LogP contribution >= 0.6 is 0 Å². The van der Waals surface area contributed by atoms with Gasteiger partial charge in [0.25, 0.3) is 0 Å². The lowest BCUT2D eigenvalue weighted by atomic mass is 10.0. The maximum Gasteiger partial charge on any atom is 0.239 e. The summed E-state index contributed by atoms with van der Waals surface area (Å²) in [4.78, 5) is 14.0. The molecule has 2 atom stereocenters. The molecule has 2 unspecified atom stereocenters. The molecule has 2 aromatic rings. The van der Waals surface area contributed by atoms with E-state index in [0.717, 1.165) is 11.4 Å². The molecule has 2 heterocycles. The molecule has 0 spiro atoms. The van der Waals surface area contributed by atoms with E-state index in [2.05, 4.69) is 5.10 Å². The van der Waals surface area contributed by atoms with E-state index in [9.17, 15) is 9.18 Å². The number of benzene rings is 1. The molecule has 0 bridgehead atoms. The number of halogens is 1. The topological polar surface area (TPSA) is 73.4 Å². The minimum atomic E-state index is -0.590. The Morgan fingerprint density at radius 1 is 1.40 bits per heavy atom. The summed E-state index contributed by atoms with van der Waals surface area (Å²) in [5.74, 6) is -0.783. The number of carbonyl (C=O) groups is 1. The van der Waals surface area contributed by atoms with E-state index >= 15 is 0 Å².